The van der Waals surface area contributed by atoms with E-state index in [2.05, 4.69) is 4.98 Å². The van der Waals surface area contributed by atoms with E-state index in [0.717, 1.165) is 6.07 Å². The molecule has 0 unspecified atom stereocenters. The van der Waals surface area contributed by atoms with Crippen molar-refractivity contribution in [3.05, 3.63) is 28.6 Å². The number of rotatable bonds is 3. The molecule has 6 nitrogen and oxygen atoms in total. The van der Waals surface area contributed by atoms with Gasteiger partial charge in [-0.3, -0.25) is 0 Å². The minimum atomic E-state index is -1.42. The van der Waals surface area contributed by atoms with Crippen LogP contribution >= 0.6 is 0 Å². The quantitative estimate of drug-likeness (QED) is 0.783. The molecule has 0 saturated carbocycles. The molecule has 1 heterocycles. The predicted molar refractivity (Wildman–Crippen MR) is 52.2 cm³/mol. The average molecular weight is 220 g/mol. The number of hydrogen-bond donors (Lipinski definition) is 2. The fraction of sp³-hybridized carbons (Fsp3) is 0.200. The number of nitriles is 1. The van der Waals surface area contributed by atoms with E-state index < -0.39 is 23.2 Å². The van der Waals surface area contributed by atoms with Crippen LogP contribution < -0.4 is 0 Å². The van der Waals surface area contributed by atoms with Crippen LogP contribution in [-0.4, -0.2) is 27.1 Å². The number of carbonyl (C=O) groups is 2. The van der Waals surface area contributed by atoms with Crippen molar-refractivity contribution < 1.29 is 19.8 Å². The Bertz CT molecular complexity index is 502. The molecule has 82 valence electrons. The van der Waals surface area contributed by atoms with E-state index in [4.69, 9.17) is 15.5 Å². The lowest BCUT2D eigenvalue weighted by Crippen LogP contribution is -2.13. The van der Waals surface area contributed by atoms with Crippen LogP contribution in [0.15, 0.2) is 6.07 Å². The maximum Gasteiger partial charge on any atom is 0.355 e. The van der Waals surface area contributed by atoms with Gasteiger partial charge in [0.1, 0.15) is 6.07 Å². The molecule has 0 saturated heterocycles. The number of hydrogen-bond acceptors (Lipinski definition) is 4. The van der Waals surface area contributed by atoms with Crippen LogP contribution in [0.5, 0.6) is 0 Å². The summed E-state index contributed by atoms with van der Waals surface area (Å²) in [6.07, 6.45) is 0.364. The lowest BCUT2D eigenvalue weighted by molar-refractivity contribution is 0.0646. The second-order valence-corrected chi connectivity index (χ2v) is 2.95. The Kier molecular flexibility index (Phi) is 3.20. The standard InChI is InChI=1S/C10H8N2O4/c1-2-7-5(4-11)3-6(9(13)14)8(12-7)10(15)16/h3H,2H2,1H3,(H,13,14)(H,15,16). The van der Waals surface area contributed by atoms with Crippen LogP contribution in [0.3, 0.4) is 0 Å². The molecule has 1 aromatic heterocycles. The minimum absolute atomic E-state index is 0.0879. The third-order valence-electron chi connectivity index (χ3n) is 1.99. The third-order valence-corrected chi connectivity index (χ3v) is 1.99. The number of pyridine rings is 1. The molecule has 0 fully saturated rings. The van der Waals surface area contributed by atoms with Gasteiger partial charge in [0, 0.05) is 0 Å². The monoisotopic (exact) mass is 220 g/mol. The topological polar surface area (TPSA) is 111 Å². The Morgan fingerprint density at radius 3 is 2.44 bits per heavy atom. The number of nitrogens with zero attached hydrogens (tertiary/aromatic N) is 2. The minimum Gasteiger partial charge on any atom is -0.478 e. The average Bonchev–Trinajstić information content (AvgIpc) is 2.26. The first-order valence-corrected chi connectivity index (χ1v) is 4.41. The highest BCUT2D eigenvalue weighted by atomic mass is 16.4. The van der Waals surface area contributed by atoms with E-state index in [9.17, 15) is 9.59 Å². The Labute approximate surface area is 90.8 Å². The zero-order chi connectivity index (χ0) is 12.3. The summed E-state index contributed by atoms with van der Waals surface area (Å²) in [4.78, 5) is 25.2. The summed E-state index contributed by atoms with van der Waals surface area (Å²) in [5, 5.41) is 26.3. The number of aromatic carboxylic acids is 2. The van der Waals surface area contributed by atoms with Crippen molar-refractivity contribution in [2.75, 3.05) is 0 Å². The van der Waals surface area contributed by atoms with Crippen LogP contribution in [-0.2, 0) is 6.42 Å². The SMILES string of the molecule is CCc1nc(C(=O)O)c(C(=O)O)cc1C#N. The number of aryl methyl sites for hydroxylation is 1. The van der Waals surface area contributed by atoms with E-state index in [0.29, 0.717) is 6.42 Å². The van der Waals surface area contributed by atoms with E-state index in [-0.39, 0.29) is 11.3 Å². The molecule has 0 atom stereocenters. The van der Waals surface area contributed by atoms with Crippen LogP contribution in [0.4, 0.5) is 0 Å². The van der Waals surface area contributed by atoms with Crippen molar-refractivity contribution >= 4 is 11.9 Å². The highest BCUT2D eigenvalue weighted by molar-refractivity contribution is 6.00. The van der Waals surface area contributed by atoms with Gasteiger partial charge >= 0.3 is 11.9 Å². The molecule has 1 rings (SSSR count). The second kappa shape index (κ2) is 4.40. The van der Waals surface area contributed by atoms with Crippen molar-refractivity contribution in [2.24, 2.45) is 0 Å². The predicted octanol–water partition coefficient (Wildman–Crippen LogP) is 0.912. The van der Waals surface area contributed by atoms with Gasteiger partial charge in [0.2, 0.25) is 0 Å². The number of aromatic nitrogens is 1. The summed E-state index contributed by atoms with van der Waals surface area (Å²) >= 11 is 0. The summed E-state index contributed by atoms with van der Waals surface area (Å²) in [7, 11) is 0. The first kappa shape index (κ1) is 11.7. The summed E-state index contributed by atoms with van der Waals surface area (Å²) in [5.41, 5.74) is -0.639. The summed E-state index contributed by atoms with van der Waals surface area (Å²) in [6, 6.07) is 2.83. The van der Waals surface area contributed by atoms with Crippen LogP contribution in [0.2, 0.25) is 0 Å². The van der Waals surface area contributed by atoms with Crippen molar-refractivity contribution in [3.63, 3.8) is 0 Å². The van der Waals surface area contributed by atoms with Gasteiger partial charge in [-0.05, 0) is 12.5 Å². The molecular formula is C10H8N2O4. The lowest BCUT2D eigenvalue weighted by Gasteiger charge is -2.05. The summed E-state index contributed by atoms with van der Waals surface area (Å²) in [5.74, 6) is -2.83. The molecule has 2 N–H and O–H groups in total. The third kappa shape index (κ3) is 1.98. The van der Waals surface area contributed by atoms with Gasteiger partial charge in [-0.2, -0.15) is 5.26 Å². The van der Waals surface area contributed by atoms with E-state index in [1.807, 2.05) is 0 Å². The maximum atomic E-state index is 10.8. The molecule has 0 amide bonds. The smallest absolute Gasteiger partial charge is 0.355 e. The van der Waals surface area contributed by atoms with Crippen molar-refractivity contribution in [3.8, 4) is 6.07 Å². The van der Waals surface area contributed by atoms with Gasteiger partial charge in [0.15, 0.2) is 5.69 Å². The molecular weight excluding hydrogens is 212 g/mol. The van der Waals surface area contributed by atoms with Crippen molar-refractivity contribution in [1.29, 1.82) is 5.26 Å². The zero-order valence-electron chi connectivity index (χ0n) is 8.39. The zero-order valence-corrected chi connectivity index (χ0v) is 8.39. The fourth-order valence-electron chi connectivity index (χ4n) is 1.24. The van der Waals surface area contributed by atoms with Crippen LogP contribution in [0, 0.1) is 11.3 Å². The van der Waals surface area contributed by atoms with Crippen molar-refractivity contribution in [2.45, 2.75) is 13.3 Å². The highest BCUT2D eigenvalue weighted by Crippen LogP contribution is 2.14. The van der Waals surface area contributed by atoms with Crippen molar-refractivity contribution in [1.82, 2.24) is 4.98 Å². The Morgan fingerprint density at radius 1 is 1.44 bits per heavy atom. The molecule has 0 radical (unpaired) electrons. The molecule has 0 aliphatic carbocycles. The van der Waals surface area contributed by atoms with Gasteiger partial charge in [-0.15, -0.1) is 0 Å². The number of carboxylic acid groups (broad SMARTS) is 2. The van der Waals surface area contributed by atoms with Crippen LogP contribution in [0.25, 0.3) is 0 Å². The molecule has 1 aromatic rings. The van der Waals surface area contributed by atoms with E-state index in [1.54, 1.807) is 13.0 Å². The molecule has 16 heavy (non-hydrogen) atoms. The largest absolute Gasteiger partial charge is 0.478 e. The second-order valence-electron chi connectivity index (χ2n) is 2.95. The Hall–Kier alpha value is -2.42. The summed E-state index contributed by atoms with van der Waals surface area (Å²) < 4.78 is 0. The fourth-order valence-corrected chi connectivity index (χ4v) is 1.24. The van der Waals surface area contributed by atoms with Gasteiger partial charge in [-0.1, -0.05) is 6.92 Å². The van der Waals surface area contributed by atoms with E-state index >= 15 is 0 Å². The molecule has 0 spiro atoms. The van der Waals surface area contributed by atoms with Gasteiger partial charge < -0.3 is 10.2 Å². The normalized spacial score (nSPS) is 9.50. The lowest BCUT2D eigenvalue weighted by atomic mass is 10.1. The van der Waals surface area contributed by atoms with Gasteiger partial charge in [0.05, 0.1) is 16.8 Å². The molecule has 0 bridgehead atoms. The Balaban J connectivity index is 3.55. The summed E-state index contributed by atoms with van der Waals surface area (Å²) in [6.45, 7) is 1.70. The maximum absolute atomic E-state index is 10.8. The highest BCUT2D eigenvalue weighted by Gasteiger charge is 2.20. The number of carboxylic acids is 2. The molecule has 0 aliphatic rings. The van der Waals surface area contributed by atoms with Crippen LogP contribution in [0.1, 0.15) is 39.0 Å². The first-order valence-electron chi connectivity index (χ1n) is 4.41. The molecule has 0 aliphatic heterocycles. The van der Waals surface area contributed by atoms with E-state index in [1.165, 1.54) is 0 Å². The molecule has 6 heteroatoms. The first-order chi connectivity index (χ1) is 7.51. The van der Waals surface area contributed by atoms with Gasteiger partial charge in [0.25, 0.3) is 0 Å². The Morgan fingerprint density at radius 2 is 2.06 bits per heavy atom. The molecule has 0 aromatic carbocycles. The van der Waals surface area contributed by atoms with Gasteiger partial charge in [-0.25, -0.2) is 14.6 Å².